The first-order valence-corrected chi connectivity index (χ1v) is 29.6. The molecule has 0 aliphatic carbocycles. The summed E-state index contributed by atoms with van der Waals surface area (Å²) < 4.78 is 34.5. The molecule has 0 aromatic rings. The van der Waals surface area contributed by atoms with Crippen LogP contribution in [0.1, 0.15) is 213 Å². The highest BCUT2D eigenvalue weighted by Crippen LogP contribution is 2.43. The maximum atomic E-state index is 12.8. The van der Waals surface area contributed by atoms with Crippen molar-refractivity contribution in [2.45, 2.75) is 219 Å². The molecular weight excluding hydrogens is 906 g/mol. The molecular formula is C61H105NO8P+. The van der Waals surface area contributed by atoms with Gasteiger partial charge in [-0.25, -0.2) is 4.57 Å². The maximum absolute atomic E-state index is 12.8. The van der Waals surface area contributed by atoms with Gasteiger partial charge >= 0.3 is 19.8 Å². The number of phosphoric ester groups is 1. The highest BCUT2D eigenvalue weighted by Gasteiger charge is 2.27. The predicted octanol–water partition coefficient (Wildman–Crippen LogP) is 17.4. The summed E-state index contributed by atoms with van der Waals surface area (Å²) in [6, 6.07) is 0. The molecule has 0 aromatic carbocycles. The molecule has 1 N–H and O–H groups in total. The molecule has 0 saturated carbocycles. The molecule has 0 aliphatic heterocycles. The van der Waals surface area contributed by atoms with Crippen molar-refractivity contribution in [2.24, 2.45) is 0 Å². The molecule has 0 radical (unpaired) electrons. The van der Waals surface area contributed by atoms with Crippen LogP contribution in [0, 0.1) is 0 Å². The third-order valence-corrected chi connectivity index (χ3v) is 12.5. The Kier molecular flexibility index (Phi) is 49.1. The lowest BCUT2D eigenvalue weighted by atomic mass is 10.1. The van der Waals surface area contributed by atoms with Crippen LogP contribution in [0.15, 0.2) is 109 Å². The van der Waals surface area contributed by atoms with E-state index in [1.807, 2.05) is 21.1 Å². The number of esters is 2. The molecule has 2 unspecified atom stereocenters. The Morgan fingerprint density at radius 3 is 1.21 bits per heavy atom. The molecule has 0 rings (SSSR count). The summed E-state index contributed by atoms with van der Waals surface area (Å²) in [6.07, 6.45) is 71.5. The summed E-state index contributed by atoms with van der Waals surface area (Å²) in [5, 5.41) is 0. The molecule has 0 bridgehead atoms. The van der Waals surface area contributed by atoms with E-state index in [4.69, 9.17) is 18.5 Å². The molecule has 2 atom stereocenters. The maximum Gasteiger partial charge on any atom is 0.472 e. The van der Waals surface area contributed by atoms with Crippen molar-refractivity contribution in [3.63, 3.8) is 0 Å². The van der Waals surface area contributed by atoms with Crippen molar-refractivity contribution in [1.82, 2.24) is 0 Å². The van der Waals surface area contributed by atoms with Crippen LogP contribution < -0.4 is 0 Å². The minimum Gasteiger partial charge on any atom is -0.462 e. The summed E-state index contributed by atoms with van der Waals surface area (Å²) in [4.78, 5) is 35.6. The van der Waals surface area contributed by atoms with E-state index in [1.165, 1.54) is 64.2 Å². The number of carbonyl (C=O) groups is 2. The van der Waals surface area contributed by atoms with Gasteiger partial charge in [0.15, 0.2) is 6.10 Å². The fraction of sp³-hybridized carbons (Fsp3) is 0.672. The number of quaternary nitrogens is 1. The van der Waals surface area contributed by atoms with Gasteiger partial charge < -0.3 is 18.9 Å². The quantitative estimate of drug-likeness (QED) is 0.0211. The van der Waals surface area contributed by atoms with E-state index in [9.17, 15) is 19.0 Å². The lowest BCUT2D eigenvalue weighted by molar-refractivity contribution is -0.870. The van der Waals surface area contributed by atoms with Crippen LogP contribution in [0.3, 0.4) is 0 Å². The Morgan fingerprint density at radius 1 is 0.451 bits per heavy atom. The van der Waals surface area contributed by atoms with Crippen LogP contribution in [-0.2, 0) is 32.7 Å². The number of hydrogen-bond acceptors (Lipinski definition) is 7. The average Bonchev–Trinajstić information content (AvgIpc) is 3.33. The van der Waals surface area contributed by atoms with Crippen molar-refractivity contribution in [3.05, 3.63) is 109 Å². The number of allylic oxidation sites excluding steroid dienone is 18. The summed E-state index contributed by atoms with van der Waals surface area (Å²) in [5.41, 5.74) is 0. The first-order chi connectivity index (χ1) is 34.5. The zero-order valence-corrected chi connectivity index (χ0v) is 46.8. The van der Waals surface area contributed by atoms with Crippen molar-refractivity contribution in [1.29, 1.82) is 0 Å². The topological polar surface area (TPSA) is 108 Å². The summed E-state index contributed by atoms with van der Waals surface area (Å²) in [6.45, 7) is 4.27. The van der Waals surface area contributed by atoms with Crippen LogP contribution in [0.2, 0.25) is 0 Å². The van der Waals surface area contributed by atoms with Gasteiger partial charge in [-0.15, -0.1) is 0 Å². The van der Waals surface area contributed by atoms with E-state index in [-0.39, 0.29) is 32.0 Å². The Bertz CT molecular complexity index is 1570. The second-order valence-electron chi connectivity index (χ2n) is 19.6. The number of carbonyl (C=O) groups excluding carboxylic acids is 2. The van der Waals surface area contributed by atoms with Crippen molar-refractivity contribution in [2.75, 3.05) is 47.5 Å². The normalized spacial score (nSPS) is 14.2. The number of nitrogens with zero attached hydrogens (tertiary/aromatic N) is 1. The molecule has 0 spiro atoms. The lowest BCUT2D eigenvalue weighted by Gasteiger charge is -2.24. The molecule has 0 amide bonds. The van der Waals surface area contributed by atoms with E-state index in [0.29, 0.717) is 17.4 Å². The third-order valence-electron chi connectivity index (χ3n) is 11.5. The van der Waals surface area contributed by atoms with Crippen LogP contribution in [0.4, 0.5) is 0 Å². The van der Waals surface area contributed by atoms with Gasteiger partial charge in [0.1, 0.15) is 19.8 Å². The van der Waals surface area contributed by atoms with Crippen LogP contribution >= 0.6 is 7.82 Å². The standard InChI is InChI=1S/C61H104NO8P/c1-6-8-10-12-14-16-18-20-22-23-24-25-26-27-28-29-30-31-32-33-34-35-36-37-38-39-40-42-44-46-48-50-52-54-61(64)70-59(58-69-71(65,66)68-56-55-62(3,4)5)57-67-60(63)53-51-49-47-45-43-41-21-19-17-15-13-11-9-7-2/h8,10,14,16,19-22,24-25,27-28,30-31,33-34,36-37,59H,6-7,9,11-13,15,17-18,23,26,29,32,35,38-58H2,1-5H3/p+1/b10-8-,16-14-,21-19-,22-20-,25-24-,28-27-,31-30-,34-33-,37-36-. The zero-order valence-electron chi connectivity index (χ0n) is 45.9. The van der Waals surface area contributed by atoms with Crippen LogP contribution in [0.5, 0.6) is 0 Å². The van der Waals surface area contributed by atoms with Gasteiger partial charge in [-0.05, 0) is 103 Å². The molecule has 0 aliphatic rings. The first kappa shape index (κ1) is 67.7. The van der Waals surface area contributed by atoms with Crippen LogP contribution in [0.25, 0.3) is 0 Å². The fourth-order valence-electron chi connectivity index (χ4n) is 7.20. The fourth-order valence-corrected chi connectivity index (χ4v) is 7.94. The number of hydrogen-bond donors (Lipinski definition) is 1. The predicted molar refractivity (Wildman–Crippen MR) is 302 cm³/mol. The molecule has 9 nitrogen and oxygen atoms in total. The average molecular weight is 1010 g/mol. The van der Waals surface area contributed by atoms with Gasteiger partial charge in [0.2, 0.25) is 0 Å². The van der Waals surface area contributed by atoms with E-state index < -0.39 is 26.5 Å². The van der Waals surface area contributed by atoms with Crippen molar-refractivity contribution < 1.29 is 42.1 Å². The minimum atomic E-state index is -4.39. The Hall–Kier alpha value is -3.33. The molecule has 71 heavy (non-hydrogen) atoms. The van der Waals surface area contributed by atoms with Gasteiger partial charge in [0.05, 0.1) is 27.7 Å². The molecule has 0 aromatic heterocycles. The van der Waals surface area contributed by atoms with Gasteiger partial charge in [0, 0.05) is 12.8 Å². The van der Waals surface area contributed by atoms with E-state index >= 15 is 0 Å². The minimum absolute atomic E-state index is 0.0235. The van der Waals surface area contributed by atoms with Crippen molar-refractivity contribution in [3.8, 4) is 0 Å². The molecule has 0 saturated heterocycles. The second kappa shape index (κ2) is 51.6. The Morgan fingerprint density at radius 2 is 0.803 bits per heavy atom. The molecule has 10 heteroatoms. The zero-order chi connectivity index (χ0) is 52.0. The monoisotopic (exact) mass is 1010 g/mol. The van der Waals surface area contributed by atoms with Gasteiger partial charge in [-0.1, -0.05) is 207 Å². The summed E-state index contributed by atoms with van der Waals surface area (Å²) in [5.74, 6) is -0.823. The summed E-state index contributed by atoms with van der Waals surface area (Å²) in [7, 11) is 1.45. The number of rotatable bonds is 50. The third kappa shape index (κ3) is 55.8. The van der Waals surface area contributed by atoms with E-state index in [1.54, 1.807) is 0 Å². The van der Waals surface area contributed by atoms with E-state index in [2.05, 4.69) is 123 Å². The lowest BCUT2D eigenvalue weighted by Crippen LogP contribution is -2.37. The largest absolute Gasteiger partial charge is 0.472 e. The molecule has 406 valence electrons. The number of unbranched alkanes of at least 4 members (excludes halogenated alkanes) is 18. The van der Waals surface area contributed by atoms with Gasteiger partial charge in [-0.3, -0.25) is 18.6 Å². The van der Waals surface area contributed by atoms with Gasteiger partial charge in [-0.2, -0.15) is 0 Å². The Balaban J connectivity index is 4.19. The smallest absolute Gasteiger partial charge is 0.462 e. The molecule has 0 fully saturated rings. The number of phosphoric acid groups is 1. The SMILES string of the molecule is CC/C=C\C/C=C\C/C=C\C/C=C\C/C=C\C/C=C\C/C=C\C/C=C\CCCCCCCCCCC(=O)OC(COC(=O)CCCCCCC/C=C\CCCCCCC)COP(=O)(O)OCC[N+](C)(C)C. The number of ether oxygens (including phenoxy) is 2. The van der Waals surface area contributed by atoms with Crippen molar-refractivity contribution >= 4 is 19.8 Å². The van der Waals surface area contributed by atoms with Gasteiger partial charge in [0.25, 0.3) is 0 Å². The van der Waals surface area contributed by atoms with Crippen LogP contribution in [-0.4, -0.2) is 74.9 Å². The number of likely N-dealkylation sites (N-methyl/N-ethyl adjacent to an activating group) is 1. The Labute approximate surface area is 436 Å². The summed E-state index contributed by atoms with van der Waals surface area (Å²) >= 11 is 0. The molecule has 0 heterocycles. The second-order valence-corrected chi connectivity index (χ2v) is 21.0. The first-order valence-electron chi connectivity index (χ1n) is 28.1. The van der Waals surface area contributed by atoms with E-state index in [0.717, 1.165) is 116 Å². The highest BCUT2D eigenvalue weighted by atomic mass is 31.2. The highest BCUT2D eigenvalue weighted by molar-refractivity contribution is 7.47.